The number of likely N-dealkylation sites (N-methyl/N-ethyl adjacent to an activating group) is 1. The Balaban J connectivity index is 1.20. The molecule has 1 aliphatic rings. The molecule has 1 saturated heterocycles. The van der Waals surface area contributed by atoms with E-state index in [0.29, 0.717) is 30.3 Å². The van der Waals surface area contributed by atoms with Crippen molar-refractivity contribution in [3.8, 4) is 11.4 Å². The van der Waals surface area contributed by atoms with Gasteiger partial charge >= 0.3 is 0 Å². The number of carbonyl (C=O) groups is 1. The van der Waals surface area contributed by atoms with Gasteiger partial charge in [0.15, 0.2) is 11.5 Å². The Labute approximate surface area is 191 Å². The first-order valence-electron chi connectivity index (χ1n) is 10.8. The number of aromatic nitrogens is 4. The van der Waals surface area contributed by atoms with E-state index in [-0.39, 0.29) is 18.6 Å². The molecular weight excluding hydrogens is 420 g/mol. The molecule has 33 heavy (non-hydrogen) atoms. The van der Waals surface area contributed by atoms with Gasteiger partial charge in [-0.25, -0.2) is 9.67 Å². The summed E-state index contributed by atoms with van der Waals surface area (Å²) in [4.78, 5) is 21.1. The van der Waals surface area contributed by atoms with Gasteiger partial charge in [0.2, 0.25) is 0 Å². The summed E-state index contributed by atoms with van der Waals surface area (Å²) < 4.78 is 12.8. The van der Waals surface area contributed by atoms with Crippen molar-refractivity contribution in [3.63, 3.8) is 0 Å². The van der Waals surface area contributed by atoms with Gasteiger partial charge in [0.1, 0.15) is 25.0 Å². The molecule has 1 atom stereocenters. The van der Waals surface area contributed by atoms with Gasteiger partial charge in [-0.1, -0.05) is 35.5 Å². The molecule has 0 unspecified atom stereocenters. The summed E-state index contributed by atoms with van der Waals surface area (Å²) in [6, 6.07) is 19.5. The summed E-state index contributed by atoms with van der Waals surface area (Å²) in [5.74, 6) is 1.04. The predicted octanol–water partition coefficient (Wildman–Crippen LogP) is 2.96. The molecule has 2 aromatic carbocycles. The van der Waals surface area contributed by atoms with Crippen LogP contribution in [0, 0.1) is 0 Å². The Hall–Kier alpha value is -3.98. The Morgan fingerprint density at radius 3 is 2.70 bits per heavy atom. The summed E-state index contributed by atoms with van der Waals surface area (Å²) in [7, 11) is 2.09. The van der Waals surface area contributed by atoms with Gasteiger partial charge < -0.3 is 14.2 Å². The van der Waals surface area contributed by atoms with Gasteiger partial charge in [0.05, 0.1) is 11.7 Å². The van der Waals surface area contributed by atoms with Crippen LogP contribution < -0.4 is 4.74 Å². The molecule has 2 aromatic heterocycles. The maximum atomic E-state index is 13.1. The quantitative estimate of drug-likeness (QED) is 0.452. The van der Waals surface area contributed by atoms with Crippen molar-refractivity contribution in [1.29, 1.82) is 0 Å². The normalized spacial score (nSPS) is 16.6. The highest BCUT2D eigenvalue weighted by Crippen LogP contribution is 2.25. The number of benzene rings is 2. The third kappa shape index (κ3) is 4.63. The zero-order valence-electron chi connectivity index (χ0n) is 18.2. The lowest BCUT2D eigenvalue weighted by Crippen LogP contribution is -2.49. The summed E-state index contributed by atoms with van der Waals surface area (Å²) in [5.41, 5.74) is 2.38. The summed E-state index contributed by atoms with van der Waals surface area (Å²) in [6.45, 7) is 2.23. The van der Waals surface area contributed by atoms with Crippen molar-refractivity contribution < 1.29 is 14.1 Å². The molecule has 1 fully saturated rings. The topological polar surface area (TPSA) is 89.5 Å². The average molecular weight is 444 g/mol. The van der Waals surface area contributed by atoms with Crippen molar-refractivity contribution in [1.82, 2.24) is 29.7 Å². The monoisotopic (exact) mass is 444 g/mol. The molecule has 0 saturated carbocycles. The fourth-order valence-electron chi connectivity index (χ4n) is 3.93. The van der Waals surface area contributed by atoms with E-state index >= 15 is 0 Å². The molecule has 4 aromatic rings. The minimum absolute atomic E-state index is 0.129. The zero-order valence-corrected chi connectivity index (χ0v) is 18.2. The van der Waals surface area contributed by atoms with Gasteiger partial charge in [-0.15, -0.1) is 0 Å². The molecule has 0 aliphatic carbocycles. The number of hydrogen-bond donors (Lipinski definition) is 0. The minimum atomic E-state index is -0.129. The molecule has 0 spiro atoms. The van der Waals surface area contributed by atoms with Crippen LogP contribution in [0.3, 0.4) is 0 Å². The summed E-state index contributed by atoms with van der Waals surface area (Å²) >= 11 is 0. The highest BCUT2D eigenvalue weighted by molar-refractivity contribution is 5.92. The van der Waals surface area contributed by atoms with Crippen LogP contribution in [0.4, 0.5) is 0 Å². The lowest BCUT2D eigenvalue weighted by molar-refractivity contribution is 0.0536. The Morgan fingerprint density at radius 1 is 1.12 bits per heavy atom. The van der Waals surface area contributed by atoms with Crippen LogP contribution in [0.2, 0.25) is 0 Å². The predicted molar refractivity (Wildman–Crippen MR) is 120 cm³/mol. The molecule has 5 rings (SSSR count). The van der Waals surface area contributed by atoms with Crippen LogP contribution in [0.1, 0.15) is 27.9 Å². The zero-order chi connectivity index (χ0) is 22.6. The number of hydrogen-bond acceptors (Lipinski definition) is 7. The first-order chi connectivity index (χ1) is 16.2. The van der Waals surface area contributed by atoms with Crippen molar-refractivity contribution in [3.05, 3.63) is 90.3 Å². The number of nitrogens with zero attached hydrogens (tertiary/aromatic N) is 6. The van der Waals surface area contributed by atoms with E-state index in [1.165, 1.54) is 11.9 Å². The highest BCUT2D eigenvalue weighted by Gasteiger charge is 2.30. The largest absolute Gasteiger partial charge is 0.486 e. The number of amides is 1. The second-order valence-electron chi connectivity index (χ2n) is 7.96. The van der Waals surface area contributed by atoms with Crippen molar-refractivity contribution in [2.24, 2.45) is 0 Å². The molecule has 0 bridgehead atoms. The number of piperazine rings is 1. The van der Waals surface area contributed by atoms with E-state index in [1.54, 1.807) is 17.1 Å². The molecule has 0 radical (unpaired) electrons. The van der Waals surface area contributed by atoms with Crippen LogP contribution >= 0.6 is 0 Å². The first-order valence-corrected chi connectivity index (χ1v) is 10.8. The lowest BCUT2D eigenvalue weighted by Gasteiger charge is -2.39. The van der Waals surface area contributed by atoms with Crippen LogP contribution in [0.5, 0.6) is 5.75 Å². The van der Waals surface area contributed by atoms with Gasteiger partial charge in [-0.05, 0) is 36.9 Å². The van der Waals surface area contributed by atoms with Crippen LogP contribution in [0.15, 0.2) is 77.8 Å². The Bertz CT molecular complexity index is 1190. The van der Waals surface area contributed by atoms with Crippen molar-refractivity contribution in [2.75, 3.05) is 26.7 Å². The molecule has 168 valence electrons. The molecule has 3 heterocycles. The third-order valence-corrected chi connectivity index (χ3v) is 5.80. The number of ether oxygens (including phenoxy) is 1. The van der Waals surface area contributed by atoms with Gasteiger partial charge in [-0.3, -0.25) is 9.69 Å². The van der Waals surface area contributed by atoms with Crippen LogP contribution in [-0.2, 0) is 6.61 Å². The van der Waals surface area contributed by atoms with Crippen molar-refractivity contribution >= 4 is 5.91 Å². The standard InChI is InChI=1S/C24H24N6O3/c1-28-11-12-29(14-23(28)18-5-3-2-4-6-18)24(31)22-13-21(33-27-22)15-32-20-9-7-19(8-10-20)30-17-25-16-26-30/h2-10,13,16-17,23H,11-12,14-15H2,1H3/t23-/m0/s1. The van der Waals surface area contributed by atoms with E-state index in [9.17, 15) is 4.79 Å². The van der Waals surface area contributed by atoms with E-state index in [4.69, 9.17) is 9.26 Å². The third-order valence-electron chi connectivity index (χ3n) is 5.80. The summed E-state index contributed by atoms with van der Waals surface area (Å²) in [5, 5.41) is 8.09. The van der Waals surface area contributed by atoms with E-state index in [1.807, 2.05) is 47.4 Å². The second kappa shape index (κ2) is 9.25. The molecule has 9 heteroatoms. The molecule has 0 N–H and O–H groups in total. The average Bonchev–Trinajstić information content (AvgIpc) is 3.56. The molecule has 1 amide bonds. The minimum Gasteiger partial charge on any atom is -0.486 e. The second-order valence-corrected chi connectivity index (χ2v) is 7.96. The van der Waals surface area contributed by atoms with Gasteiger partial charge in [-0.2, -0.15) is 5.10 Å². The number of carbonyl (C=O) groups excluding carboxylic acids is 1. The van der Waals surface area contributed by atoms with E-state index < -0.39 is 0 Å². The molecule has 9 nitrogen and oxygen atoms in total. The Kier molecular flexibility index (Phi) is 5.86. The maximum Gasteiger partial charge on any atom is 0.276 e. The number of rotatable bonds is 6. The van der Waals surface area contributed by atoms with Gasteiger partial charge in [0.25, 0.3) is 5.91 Å². The SMILES string of the molecule is CN1CCN(C(=O)c2cc(COc3ccc(-n4cncn4)cc3)on2)C[C@H]1c1ccccc1. The lowest BCUT2D eigenvalue weighted by atomic mass is 10.0. The fourth-order valence-corrected chi connectivity index (χ4v) is 3.93. The van der Waals surface area contributed by atoms with E-state index in [0.717, 1.165) is 12.2 Å². The maximum absolute atomic E-state index is 13.1. The first kappa shape index (κ1) is 20.9. The highest BCUT2D eigenvalue weighted by atomic mass is 16.5. The fraction of sp³-hybridized carbons (Fsp3) is 0.250. The van der Waals surface area contributed by atoms with E-state index in [2.05, 4.69) is 39.3 Å². The summed E-state index contributed by atoms with van der Waals surface area (Å²) in [6.07, 6.45) is 3.11. The van der Waals surface area contributed by atoms with Crippen LogP contribution in [0.25, 0.3) is 5.69 Å². The molecular formula is C24H24N6O3. The van der Waals surface area contributed by atoms with Crippen molar-refractivity contribution in [2.45, 2.75) is 12.6 Å². The van der Waals surface area contributed by atoms with Gasteiger partial charge in [0, 0.05) is 25.7 Å². The molecule has 1 aliphatic heterocycles. The van der Waals surface area contributed by atoms with Crippen LogP contribution in [-0.4, -0.2) is 62.3 Å². The smallest absolute Gasteiger partial charge is 0.276 e. The Morgan fingerprint density at radius 2 is 1.94 bits per heavy atom.